The Hall–Kier alpha value is -1.61. The van der Waals surface area contributed by atoms with Crippen LogP contribution in [0.4, 0.5) is 0 Å². The van der Waals surface area contributed by atoms with Gasteiger partial charge in [-0.2, -0.15) is 0 Å². The van der Waals surface area contributed by atoms with Crippen LogP contribution in [-0.2, 0) is 12.8 Å². The zero-order valence-corrected chi connectivity index (χ0v) is 10.4. The van der Waals surface area contributed by atoms with Crippen molar-refractivity contribution in [1.29, 1.82) is 0 Å². The Morgan fingerprint density at radius 3 is 2.89 bits per heavy atom. The van der Waals surface area contributed by atoms with Gasteiger partial charge in [-0.3, -0.25) is 0 Å². The van der Waals surface area contributed by atoms with Gasteiger partial charge >= 0.3 is 0 Å². The Bertz CT molecular complexity index is 581. The average Bonchev–Trinajstić information content (AvgIpc) is 2.93. The van der Waals surface area contributed by atoms with Gasteiger partial charge < -0.3 is 9.88 Å². The minimum absolute atomic E-state index is 0.626. The Morgan fingerprint density at radius 1 is 1.17 bits per heavy atom. The highest BCUT2D eigenvalue weighted by molar-refractivity contribution is 5.44. The van der Waals surface area contributed by atoms with Crippen LogP contribution in [0.25, 0.3) is 5.69 Å². The van der Waals surface area contributed by atoms with Crippen LogP contribution in [0.15, 0.2) is 30.7 Å². The molecular weight excluding hydrogens is 222 g/mol. The number of nitrogens with one attached hydrogen (secondary N) is 1. The van der Waals surface area contributed by atoms with Gasteiger partial charge in [-0.05, 0) is 42.5 Å². The lowest BCUT2D eigenvalue weighted by atomic mass is 9.99. The van der Waals surface area contributed by atoms with E-state index in [1.165, 1.54) is 41.8 Å². The molecule has 18 heavy (non-hydrogen) atoms. The second-order valence-electron chi connectivity index (χ2n) is 5.35. The molecule has 1 aliphatic carbocycles. The molecule has 1 aliphatic heterocycles. The monoisotopic (exact) mass is 239 g/mol. The van der Waals surface area contributed by atoms with E-state index in [0.29, 0.717) is 5.92 Å². The molecule has 1 N–H and O–H groups in total. The zero-order chi connectivity index (χ0) is 11.9. The summed E-state index contributed by atoms with van der Waals surface area (Å²) < 4.78 is 2.25. The first-order chi connectivity index (χ1) is 8.92. The Balaban J connectivity index is 1.76. The van der Waals surface area contributed by atoms with Gasteiger partial charge in [0.15, 0.2) is 0 Å². The molecule has 2 aromatic rings. The molecule has 1 aromatic heterocycles. The van der Waals surface area contributed by atoms with Crippen LogP contribution in [0.3, 0.4) is 0 Å². The summed E-state index contributed by atoms with van der Waals surface area (Å²) in [6.45, 7) is 2.16. The number of rotatable bonds is 2. The fourth-order valence-electron chi connectivity index (χ4n) is 3.03. The number of nitrogens with zero attached hydrogens (tertiary/aromatic N) is 2. The van der Waals surface area contributed by atoms with E-state index in [2.05, 4.69) is 33.1 Å². The number of hydrogen-bond acceptors (Lipinski definition) is 2. The molecule has 92 valence electrons. The zero-order valence-electron chi connectivity index (χ0n) is 10.4. The number of hydrogen-bond donors (Lipinski definition) is 1. The lowest BCUT2D eigenvalue weighted by molar-refractivity contribution is 0.435. The first-order valence-electron chi connectivity index (χ1n) is 6.77. The molecule has 1 fully saturated rings. The maximum absolute atomic E-state index is 4.33. The maximum Gasteiger partial charge on any atom is 0.0994 e. The van der Waals surface area contributed by atoms with Crippen LogP contribution in [0.2, 0.25) is 0 Å². The first kappa shape index (κ1) is 10.3. The van der Waals surface area contributed by atoms with Crippen molar-refractivity contribution in [2.75, 3.05) is 13.1 Å². The summed E-state index contributed by atoms with van der Waals surface area (Å²) in [6, 6.07) is 6.88. The van der Waals surface area contributed by atoms with Crippen molar-refractivity contribution >= 4 is 0 Å². The molecule has 0 bridgehead atoms. The standard InChI is InChI=1S/C15H17N3/c1-2-11-4-5-14(6-12(11)3-1)18-10-17-9-15(18)13-7-16-8-13/h4-6,9-10,13,16H,1-3,7-8H2. The summed E-state index contributed by atoms with van der Waals surface area (Å²) in [5.74, 6) is 0.626. The van der Waals surface area contributed by atoms with Crippen molar-refractivity contribution < 1.29 is 0 Å². The molecule has 0 saturated carbocycles. The molecule has 0 amide bonds. The quantitative estimate of drug-likeness (QED) is 0.869. The van der Waals surface area contributed by atoms with Crippen LogP contribution >= 0.6 is 0 Å². The molecule has 4 rings (SSSR count). The van der Waals surface area contributed by atoms with Crippen molar-refractivity contribution in [3.63, 3.8) is 0 Å². The second kappa shape index (κ2) is 3.95. The summed E-state index contributed by atoms with van der Waals surface area (Å²) in [5.41, 5.74) is 5.67. The fourth-order valence-corrected chi connectivity index (χ4v) is 3.03. The molecular formula is C15H17N3. The molecule has 2 heterocycles. The van der Waals surface area contributed by atoms with Crippen molar-refractivity contribution in [2.24, 2.45) is 0 Å². The third-order valence-electron chi connectivity index (χ3n) is 4.23. The number of aryl methyl sites for hydroxylation is 2. The topological polar surface area (TPSA) is 29.9 Å². The van der Waals surface area contributed by atoms with E-state index < -0.39 is 0 Å². The van der Waals surface area contributed by atoms with E-state index in [0.717, 1.165) is 13.1 Å². The number of aromatic nitrogens is 2. The lowest BCUT2D eigenvalue weighted by Crippen LogP contribution is -2.40. The smallest absolute Gasteiger partial charge is 0.0994 e. The Kier molecular flexibility index (Phi) is 2.27. The molecule has 0 radical (unpaired) electrons. The highest BCUT2D eigenvalue weighted by atomic mass is 15.1. The maximum atomic E-state index is 4.33. The third kappa shape index (κ3) is 1.51. The summed E-state index contributed by atoms with van der Waals surface area (Å²) in [5, 5.41) is 3.33. The van der Waals surface area contributed by atoms with Crippen molar-refractivity contribution in [3.05, 3.63) is 47.5 Å². The molecule has 1 saturated heterocycles. The Labute approximate surface area is 107 Å². The summed E-state index contributed by atoms with van der Waals surface area (Å²) in [6.07, 6.45) is 7.75. The minimum atomic E-state index is 0.626. The normalized spacial score (nSPS) is 18.7. The highest BCUT2D eigenvalue weighted by Crippen LogP contribution is 2.27. The first-order valence-corrected chi connectivity index (χ1v) is 6.77. The predicted molar refractivity (Wildman–Crippen MR) is 71.2 cm³/mol. The molecule has 0 atom stereocenters. The number of imidazole rings is 1. The molecule has 2 aliphatic rings. The van der Waals surface area contributed by atoms with Crippen molar-refractivity contribution in [3.8, 4) is 5.69 Å². The van der Waals surface area contributed by atoms with Crippen LogP contribution in [0, 0.1) is 0 Å². The van der Waals surface area contributed by atoms with Crippen molar-refractivity contribution in [1.82, 2.24) is 14.9 Å². The molecule has 0 unspecified atom stereocenters. The summed E-state index contributed by atoms with van der Waals surface area (Å²) in [4.78, 5) is 4.33. The molecule has 3 heteroatoms. The highest BCUT2D eigenvalue weighted by Gasteiger charge is 2.23. The summed E-state index contributed by atoms with van der Waals surface area (Å²) >= 11 is 0. The van der Waals surface area contributed by atoms with Gasteiger partial charge in [-0.1, -0.05) is 6.07 Å². The van der Waals surface area contributed by atoms with E-state index in [9.17, 15) is 0 Å². The lowest BCUT2D eigenvalue weighted by Gasteiger charge is -2.28. The van der Waals surface area contributed by atoms with E-state index in [1.54, 1.807) is 0 Å². The van der Waals surface area contributed by atoms with Crippen LogP contribution in [0.5, 0.6) is 0 Å². The van der Waals surface area contributed by atoms with Gasteiger partial charge in [0.2, 0.25) is 0 Å². The van der Waals surface area contributed by atoms with Gasteiger partial charge in [-0.15, -0.1) is 0 Å². The van der Waals surface area contributed by atoms with Crippen LogP contribution in [0.1, 0.15) is 29.2 Å². The van der Waals surface area contributed by atoms with Gasteiger partial charge in [0, 0.05) is 36.6 Å². The Morgan fingerprint density at radius 2 is 2.06 bits per heavy atom. The van der Waals surface area contributed by atoms with Gasteiger partial charge in [-0.25, -0.2) is 4.98 Å². The van der Waals surface area contributed by atoms with Crippen LogP contribution < -0.4 is 5.32 Å². The molecule has 1 aromatic carbocycles. The van der Waals surface area contributed by atoms with E-state index in [-0.39, 0.29) is 0 Å². The largest absolute Gasteiger partial charge is 0.315 e. The van der Waals surface area contributed by atoms with E-state index in [4.69, 9.17) is 0 Å². The molecule has 0 spiro atoms. The van der Waals surface area contributed by atoms with E-state index in [1.807, 2.05) is 12.5 Å². The average molecular weight is 239 g/mol. The second-order valence-corrected chi connectivity index (χ2v) is 5.35. The SMILES string of the molecule is c1cc2c(cc1-n1cncc1C1CNC1)CCC2. The van der Waals surface area contributed by atoms with Gasteiger partial charge in [0.25, 0.3) is 0 Å². The summed E-state index contributed by atoms with van der Waals surface area (Å²) in [7, 11) is 0. The predicted octanol–water partition coefficient (Wildman–Crippen LogP) is 2.05. The molecule has 3 nitrogen and oxygen atoms in total. The third-order valence-corrected chi connectivity index (χ3v) is 4.23. The van der Waals surface area contributed by atoms with E-state index >= 15 is 0 Å². The van der Waals surface area contributed by atoms with Crippen LogP contribution in [-0.4, -0.2) is 22.6 Å². The number of benzene rings is 1. The minimum Gasteiger partial charge on any atom is -0.315 e. The fraction of sp³-hybridized carbons (Fsp3) is 0.400. The van der Waals surface area contributed by atoms with Gasteiger partial charge in [0.05, 0.1) is 6.33 Å². The number of fused-ring (bicyclic) bond motifs is 1. The van der Waals surface area contributed by atoms with Crippen molar-refractivity contribution in [2.45, 2.75) is 25.2 Å². The van der Waals surface area contributed by atoms with Gasteiger partial charge in [0.1, 0.15) is 0 Å².